The van der Waals surface area contributed by atoms with Crippen LogP contribution < -0.4 is 4.74 Å². The van der Waals surface area contributed by atoms with Crippen molar-refractivity contribution >= 4 is 17.7 Å². The zero-order chi connectivity index (χ0) is 21.0. The number of likely N-dealkylation sites (tertiary alicyclic amines) is 1. The molecule has 29 heavy (non-hydrogen) atoms. The molecule has 1 unspecified atom stereocenters. The zero-order valence-electron chi connectivity index (χ0n) is 17.6. The van der Waals surface area contributed by atoms with Crippen LogP contribution in [0.4, 0.5) is 0 Å². The van der Waals surface area contributed by atoms with E-state index in [1.54, 1.807) is 14.7 Å². The van der Waals surface area contributed by atoms with Gasteiger partial charge in [-0.15, -0.1) is 0 Å². The number of amides is 3. The fourth-order valence-corrected chi connectivity index (χ4v) is 3.89. The molecule has 0 radical (unpaired) electrons. The van der Waals surface area contributed by atoms with Gasteiger partial charge in [0.2, 0.25) is 17.7 Å². The van der Waals surface area contributed by atoms with Crippen molar-refractivity contribution in [2.45, 2.75) is 39.2 Å². The molecule has 0 spiro atoms. The van der Waals surface area contributed by atoms with E-state index in [0.29, 0.717) is 45.8 Å². The fraction of sp³-hybridized carbons (Fsp3) is 0.591. The van der Waals surface area contributed by atoms with Crippen LogP contribution in [0.2, 0.25) is 0 Å². The van der Waals surface area contributed by atoms with E-state index in [4.69, 9.17) is 4.74 Å². The molecule has 0 aromatic heterocycles. The Balaban J connectivity index is 1.42. The van der Waals surface area contributed by atoms with Crippen LogP contribution in [0.15, 0.2) is 30.3 Å². The molecule has 2 saturated heterocycles. The Morgan fingerprint density at radius 2 is 1.66 bits per heavy atom. The summed E-state index contributed by atoms with van der Waals surface area (Å²) < 4.78 is 5.59. The molecule has 7 heteroatoms. The molecule has 2 fully saturated rings. The van der Waals surface area contributed by atoms with Gasteiger partial charge in [-0.05, 0) is 32.9 Å². The van der Waals surface area contributed by atoms with Crippen LogP contribution in [0.5, 0.6) is 5.75 Å². The van der Waals surface area contributed by atoms with E-state index >= 15 is 0 Å². The first-order valence-corrected chi connectivity index (χ1v) is 10.3. The highest BCUT2D eigenvalue weighted by Gasteiger charge is 2.41. The summed E-state index contributed by atoms with van der Waals surface area (Å²) in [5.74, 6) is 0.602. The van der Waals surface area contributed by atoms with Gasteiger partial charge in [0.05, 0.1) is 18.9 Å². The molecule has 2 aliphatic heterocycles. The van der Waals surface area contributed by atoms with Crippen LogP contribution >= 0.6 is 0 Å². The summed E-state index contributed by atoms with van der Waals surface area (Å²) in [5, 5.41) is 0. The molecular formula is C22H31N3O4. The number of nitrogens with zero attached hydrogens (tertiary/aromatic N) is 3. The van der Waals surface area contributed by atoms with Gasteiger partial charge in [-0.2, -0.15) is 0 Å². The molecule has 3 rings (SSSR count). The van der Waals surface area contributed by atoms with Crippen LogP contribution in [0.3, 0.4) is 0 Å². The maximum Gasteiger partial charge on any atom is 0.228 e. The quantitative estimate of drug-likeness (QED) is 0.754. The molecule has 0 bridgehead atoms. The molecule has 0 aliphatic carbocycles. The Morgan fingerprint density at radius 1 is 1.03 bits per heavy atom. The molecule has 1 atom stereocenters. The van der Waals surface area contributed by atoms with Crippen LogP contribution in [0.1, 0.15) is 33.6 Å². The van der Waals surface area contributed by atoms with Gasteiger partial charge in [0.1, 0.15) is 5.75 Å². The second-order valence-corrected chi connectivity index (χ2v) is 8.69. The van der Waals surface area contributed by atoms with E-state index in [0.717, 1.165) is 5.75 Å². The number of hydrogen-bond acceptors (Lipinski definition) is 4. The summed E-state index contributed by atoms with van der Waals surface area (Å²) in [6, 6.07) is 9.44. The predicted octanol–water partition coefficient (Wildman–Crippen LogP) is 1.77. The first-order chi connectivity index (χ1) is 13.8. The summed E-state index contributed by atoms with van der Waals surface area (Å²) in [5.41, 5.74) is -0.265. The SMILES string of the molecule is CC(C)(C)N1CC(C(=O)N2CCN(C(=O)CCOc3ccccc3)CC2)CC1=O. The highest BCUT2D eigenvalue weighted by atomic mass is 16.5. The summed E-state index contributed by atoms with van der Waals surface area (Å²) in [4.78, 5) is 42.9. The molecule has 1 aromatic carbocycles. The first kappa shape index (κ1) is 21.1. The number of hydrogen-bond donors (Lipinski definition) is 0. The summed E-state index contributed by atoms with van der Waals surface area (Å²) in [6.07, 6.45) is 0.604. The maximum absolute atomic E-state index is 12.8. The number of ether oxygens (including phenoxy) is 1. The second kappa shape index (κ2) is 8.84. The number of para-hydroxylation sites is 1. The molecule has 3 amide bonds. The van der Waals surface area contributed by atoms with Crippen LogP contribution in [0, 0.1) is 5.92 Å². The van der Waals surface area contributed by atoms with Gasteiger partial charge in [-0.25, -0.2) is 0 Å². The highest BCUT2D eigenvalue weighted by molar-refractivity contribution is 5.89. The van der Waals surface area contributed by atoms with E-state index in [1.807, 2.05) is 51.1 Å². The molecule has 0 N–H and O–H groups in total. The Bertz CT molecular complexity index is 736. The molecular weight excluding hydrogens is 370 g/mol. The third kappa shape index (κ3) is 5.28. The number of benzene rings is 1. The molecule has 2 heterocycles. The van der Waals surface area contributed by atoms with Crippen molar-refractivity contribution in [3.05, 3.63) is 30.3 Å². The Hall–Kier alpha value is -2.57. The lowest BCUT2D eigenvalue weighted by Gasteiger charge is -2.36. The van der Waals surface area contributed by atoms with Crippen LogP contribution in [0.25, 0.3) is 0 Å². The first-order valence-electron chi connectivity index (χ1n) is 10.3. The summed E-state index contributed by atoms with van der Waals surface area (Å²) in [6.45, 7) is 8.89. The molecule has 0 saturated carbocycles. The second-order valence-electron chi connectivity index (χ2n) is 8.69. The van der Waals surface area contributed by atoms with Crippen molar-refractivity contribution in [3.8, 4) is 5.75 Å². The van der Waals surface area contributed by atoms with E-state index in [2.05, 4.69) is 0 Å². The Kier molecular flexibility index (Phi) is 6.45. The van der Waals surface area contributed by atoms with Crippen molar-refractivity contribution in [3.63, 3.8) is 0 Å². The standard InChI is InChI=1S/C22H31N3O4/c1-22(2,3)25-16-17(15-20(25)27)21(28)24-12-10-23(11-13-24)19(26)9-14-29-18-7-5-4-6-8-18/h4-8,17H,9-16H2,1-3H3. The monoisotopic (exact) mass is 401 g/mol. The summed E-state index contributed by atoms with van der Waals surface area (Å²) >= 11 is 0. The van der Waals surface area contributed by atoms with Crippen LogP contribution in [-0.2, 0) is 14.4 Å². The van der Waals surface area contributed by atoms with Crippen molar-refractivity contribution in [2.75, 3.05) is 39.3 Å². The number of rotatable bonds is 5. The number of carbonyl (C=O) groups is 3. The van der Waals surface area contributed by atoms with E-state index in [1.165, 1.54) is 0 Å². The van der Waals surface area contributed by atoms with Crippen molar-refractivity contribution in [2.24, 2.45) is 5.92 Å². The highest BCUT2D eigenvalue weighted by Crippen LogP contribution is 2.27. The maximum atomic E-state index is 12.8. The molecule has 158 valence electrons. The van der Waals surface area contributed by atoms with Crippen molar-refractivity contribution < 1.29 is 19.1 Å². The molecule has 2 aliphatic rings. The van der Waals surface area contributed by atoms with Gasteiger partial charge in [0.25, 0.3) is 0 Å². The third-order valence-corrected chi connectivity index (χ3v) is 5.56. The topological polar surface area (TPSA) is 70.2 Å². The summed E-state index contributed by atoms with van der Waals surface area (Å²) in [7, 11) is 0. The van der Waals surface area contributed by atoms with Gasteiger partial charge < -0.3 is 19.4 Å². The normalized spacial score (nSPS) is 20.2. The Morgan fingerprint density at radius 3 is 2.24 bits per heavy atom. The lowest BCUT2D eigenvalue weighted by Crippen LogP contribution is -2.52. The number of carbonyl (C=O) groups excluding carboxylic acids is 3. The minimum absolute atomic E-state index is 0.0320. The lowest BCUT2D eigenvalue weighted by molar-refractivity contribution is -0.142. The smallest absolute Gasteiger partial charge is 0.228 e. The van der Waals surface area contributed by atoms with Crippen molar-refractivity contribution in [1.29, 1.82) is 0 Å². The molecule has 7 nitrogen and oxygen atoms in total. The lowest BCUT2D eigenvalue weighted by atomic mass is 10.1. The van der Waals surface area contributed by atoms with E-state index in [9.17, 15) is 14.4 Å². The third-order valence-electron chi connectivity index (χ3n) is 5.56. The van der Waals surface area contributed by atoms with Gasteiger partial charge in [0, 0.05) is 44.7 Å². The predicted molar refractivity (Wildman–Crippen MR) is 109 cm³/mol. The fourth-order valence-electron chi connectivity index (χ4n) is 3.89. The van der Waals surface area contributed by atoms with E-state index in [-0.39, 0.29) is 35.6 Å². The van der Waals surface area contributed by atoms with Gasteiger partial charge >= 0.3 is 0 Å². The van der Waals surface area contributed by atoms with Gasteiger partial charge in [0.15, 0.2) is 0 Å². The average Bonchev–Trinajstić information content (AvgIpc) is 3.10. The minimum atomic E-state index is -0.275. The Labute approximate surface area is 172 Å². The molecule has 1 aromatic rings. The zero-order valence-corrected chi connectivity index (χ0v) is 17.6. The number of piperazine rings is 1. The van der Waals surface area contributed by atoms with Gasteiger partial charge in [-0.1, -0.05) is 18.2 Å². The van der Waals surface area contributed by atoms with Crippen LogP contribution in [-0.4, -0.2) is 77.3 Å². The van der Waals surface area contributed by atoms with Crippen molar-refractivity contribution in [1.82, 2.24) is 14.7 Å². The van der Waals surface area contributed by atoms with Gasteiger partial charge in [-0.3, -0.25) is 14.4 Å². The average molecular weight is 402 g/mol. The largest absolute Gasteiger partial charge is 0.493 e. The minimum Gasteiger partial charge on any atom is -0.493 e. The van der Waals surface area contributed by atoms with E-state index < -0.39 is 0 Å².